The average Bonchev–Trinajstić information content (AvgIpc) is 2.87. The second-order valence-electron chi connectivity index (χ2n) is 5.63. The number of ether oxygens (including phenoxy) is 1. The van der Waals surface area contributed by atoms with E-state index in [0.29, 0.717) is 25.4 Å². The number of nitrogens with zero attached hydrogens (tertiary/aromatic N) is 1. The Hall–Kier alpha value is -2.11. The van der Waals surface area contributed by atoms with Gasteiger partial charge in [0, 0.05) is 19.0 Å². The van der Waals surface area contributed by atoms with Crippen LogP contribution in [0, 0.1) is 11.7 Å². The van der Waals surface area contributed by atoms with Gasteiger partial charge < -0.3 is 15.0 Å². The van der Waals surface area contributed by atoms with Crippen molar-refractivity contribution in [2.24, 2.45) is 5.92 Å². The second-order valence-corrected chi connectivity index (χ2v) is 5.63. The van der Waals surface area contributed by atoms with Crippen molar-refractivity contribution in [3.63, 3.8) is 0 Å². The van der Waals surface area contributed by atoms with Crippen molar-refractivity contribution >= 4 is 11.8 Å². The van der Waals surface area contributed by atoms with Crippen LogP contribution in [0.25, 0.3) is 0 Å². The van der Waals surface area contributed by atoms with E-state index in [1.54, 1.807) is 4.90 Å². The molecule has 0 aliphatic carbocycles. The minimum Gasteiger partial charge on any atom is -0.492 e. The molecule has 1 aliphatic heterocycles. The third-order valence-corrected chi connectivity index (χ3v) is 3.64. The summed E-state index contributed by atoms with van der Waals surface area (Å²) in [7, 11) is 0. The van der Waals surface area contributed by atoms with Crippen molar-refractivity contribution in [3.8, 4) is 5.75 Å². The van der Waals surface area contributed by atoms with E-state index in [1.807, 2.05) is 13.8 Å². The van der Waals surface area contributed by atoms with Crippen molar-refractivity contribution in [2.45, 2.75) is 26.3 Å². The number of hydrogen-bond acceptors (Lipinski definition) is 3. The number of benzene rings is 1. The van der Waals surface area contributed by atoms with Crippen LogP contribution in [0.2, 0.25) is 0 Å². The monoisotopic (exact) mass is 308 g/mol. The van der Waals surface area contributed by atoms with E-state index in [0.717, 1.165) is 0 Å². The molecule has 2 amide bonds. The van der Waals surface area contributed by atoms with Crippen LogP contribution in [0.1, 0.15) is 20.3 Å². The molecule has 0 unspecified atom stereocenters. The molecule has 1 atom stereocenters. The van der Waals surface area contributed by atoms with Gasteiger partial charge >= 0.3 is 0 Å². The number of carbonyl (C=O) groups is 2. The fourth-order valence-corrected chi connectivity index (χ4v) is 2.42. The van der Waals surface area contributed by atoms with Gasteiger partial charge in [-0.05, 0) is 38.1 Å². The van der Waals surface area contributed by atoms with Gasteiger partial charge in [-0.15, -0.1) is 0 Å². The summed E-state index contributed by atoms with van der Waals surface area (Å²) in [6.07, 6.45) is 0.267. The number of hydrogen-bond donors (Lipinski definition) is 1. The minimum absolute atomic E-state index is 0.0257. The summed E-state index contributed by atoms with van der Waals surface area (Å²) in [6, 6.07) is 5.82. The lowest BCUT2D eigenvalue weighted by atomic mass is 10.1. The molecule has 0 saturated carbocycles. The number of halogens is 1. The van der Waals surface area contributed by atoms with Gasteiger partial charge in [-0.3, -0.25) is 9.59 Å². The van der Waals surface area contributed by atoms with Crippen molar-refractivity contribution in [1.29, 1.82) is 0 Å². The van der Waals surface area contributed by atoms with Crippen LogP contribution in [0.5, 0.6) is 5.75 Å². The Morgan fingerprint density at radius 1 is 1.41 bits per heavy atom. The molecule has 22 heavy (non-hydrogen) atoms. The van der Waals surface area contributed by atoms with Crippen LogP contribution in [0.15, 0.2) is 24.3 Å². The van der Waals surface area contributed by atoms with Crippen molar-refractivity contribution < 1.29 is 18.7 Å². The van der Waals surface area contributed by atoms with E-state index in [4.69, 9.17) is 4.74 Å². The first kappa shape index (κ1) is 16.3. The SMILES string of the molecule is CC(C)N1C[C@@H](C(=O)NCCOc2ccc(F)cc2)CC1=O. The van der Waals surface area contributed by atoms with Crippen LogP contribution in [0.4, 0.5) is 4.39 Å². The minimum atomic E-state index is -0.318. The maximum Gasteiger partial charge on any atom is 0.225 e. The van der Waals surface area contributed by atoms with Gasteiger partial charge in [-0.2, -0.15) is 0 Å². The zero-order valence-corrected chi connectivity index (χ0v) is 12.8. The standard InChI is InChI=1S/C16H21FN2O3/c1-11(2)19-10-12(9-15(19)20)16(21)18-7-8-22-14-5-3-13(17)4-6-14/h3-6,11-12H,7-10H2,1-2H3,(H,18,21)/t12-/m0/s1. The number of carbonyl (C=O) groups excluding carboxylic acids is 2. The zero-order chi connectivity index (χ0) is 16.1. The first-order valence-electron chi connectivity index (χ1n) is 7.43. The zero-order valence-electron chi connectivity index (χ0n) is 12.8. The molecule has 1 heterocycles. The Bertz CT molecular complexity index is 531. The van der Waals surface area contributed by atoms with E-state index in [1.165, 1.54) is 24.3 Å². The molecular formula is C16H21FN2O3. The predicted octanol–water partition coefficient (Wildman–Crippen LogP) is 1.58. The van der Waals surface area contributed by atoms with Crippen LogP contribution >= 0.6 is 0 Å². The number of nitrogens with one attached hydrogen (secondary N) is 1. The Balaban J connectivity index is 1.70. The molecule has 0 aromatic heterocycles. The lowest BCUT2D eigenvalue weighted by molar-refractivity contribution is -0.129. The third-order valence-electron chi connectivity index (χ3n) is 3.64. The van der Waals surface area contributed by atoms with E-state index < -0.39 is 0 Å². The summed E-state index contributed by atoms with van der Waals surface area (Å²) in [4.78, 5) is 25.5. The molecule has 1 saturated heterocycles. The molecular weight excluding hydrogens is 287 g/mol. The molecule has 5 nitrogen and oxygen atoms in total. The summed E-state index contributed by atoms with van der Waals surface area (Å²) in [6.45, 7) is 5.00. The Kier molecular flexibility index (Phi) is 5.35. The number of rotatable bonds is 6. The maximum atomic E-state index is 12.7. The molecule has 1 fully saturated rings. The quantitative estimate of drug-likeness (QED) is 0.812. The van der Waals surface area contributed by atoms with Gasteiger partial charge in [0.2, 0.25) is 11.8 Å². The molecule has 0 bridgehead atoms. The molecule has 0 radical (unpaired) electrons. The largest absolute Gasteiger partial charge is 0.492 e. The van der Waals surface area contributed by atoms with Crippen LogP contribution in [-0.4, -0.2) is 42.5 Å². The van der Waals surface area contributed by atoms with E-state index in [2.05, 4.69) is 5.32 Å². The second kappa shape index (κ2) is 7.24. The average molecular weight is 308 g/mol. The highest BCUT2D eigenvalue weighted by Crippen LogP contribution is 2.20. The molecule has 1 aliphatic rings. The Morgan fingerprint density at radius 3 is 2.68 bits per heavy atom. The van der Waals surface area contributed by atoms with E-state index in [9.17, 15) is 14.0 Å². The Labute approximate surface area is 129 Å². The van der Waals surface area contributed by atoms with Gasteiger partial charge in [0.1, 0.15) is 18.2 Å². The molecule has 1 N–H and O–H groups in total. The highest BCUT2D eigenvalue weighted by molar-refractivity contribution is 5.89. The van der Waals surface area contributed by atoms with Crippen LogP contribution < -0.4 is 10.1 Å². The van der Waals surface area contributed by atoms with E-state index in [-0.39, 0.29) is 36.0 Å². The van der Waals surface area contributed by atoms with E-state index >= 15 is 0 Å². The number of amides is 2. The highest BCUT2D eigenvalue weighted by atomic mass is 19.1. The smallest absolute Gasteiger partial charge is 0.225 e. The molecule has 120 valence electrons. The fourth-order valence-electron chi connectivity index (χ4n) is 2.42. The van der Waals surface area contributed by atoms with Gasteiger partial charge in [-0.1, -0.05) is 0 Å². The lowest BCUT2D eigenvalue weighted by Crippen LogP contribution is -2.36. The van der Waals surface area contributed by atoms with Gasteiger partial charge in [0.25, 0.3) is 0 Å². The topological polar surface area (TPSA) is 58.6 Å². The van der Waals surface area contributed by atoms with Crippen LogP contribution in [-0.2, 0) is 9.59 Å². The summed E-state index contributed by atoms with van der Waals surface area (Å²) in [5.41, 5.74) is 0. The molecule has 2 rings (SSSR count). The first-order chi connectivity index (χ1) is 10.5. The van der Waals surface area contributed by atoms with Gasteiger partial charge in [0.15, 0.2) is 0 Å². The summed E-state index contributed by atoms with van der Waals surface area (Å²) >= 11 is 0. The molecule has 0 spiro atoms. The fraction of sp³-hybridized carbons (Fsp3) is 0.500. The maximum absolute atomic E-state index is 12.7. The lowest BCUT2D eigenvalue weighted by Gasteiger charge is -2.20. The van der Waals surface area contributed by atoms with Crippen molar-refractivity contribution in [2.75, 3.05) is 19.7 Å². The molecule has 6 heteroatoms. The predicted molar refractivity (Wildman–Crippen MR) is 79.9 cm³/mol. The summed E-state index contributed by atoms with van der Waals surface area (Å²) in [5.74, 6) is -0.156. The highest BCUT2D eigenvalue weighted by Gasteiger charge is 2.35. The van der Waals surface area contributed by atoms with Crippen molar-refractivity contribution in [1.82, 2.24) is 10.2 Å². The third kappa shape index (κ3) is 4.19. The Morgan fingerprint density at radius 2 is 2.09 bits per heavy atom. The van der Waals surface area contributed by atoms with Crippen molar-refractivity contribution in [3.05, 3.63) is 30.1 Å². The summed E-state index contributed by atoms with van der Waals surface area (Å²) in [5, 5.41) is 2.77. The van der Waals surface area contributed by atoms with Gasteiger partial charge in [-0.25, -0.2) is 4.39 Å². The van der Waals surface area contributed by atoms with Gasteiger partial charge in [0.05, 0.1) is 12.5 Å². The molecule has 1 aromatic carbocycles. The first-order valence-corrected chi connectivity index (χ1v) is 7.43. The normalized spacial score (nSPS) is 17.9. The molecule has 1 aromatic rings. The summed E-state index contributed by atoms with van der Waals surface area (Å²) < 4.78 is 18.1. The number of likely N-dealkylation sites (tertiary alicyclic amines) is 1. The van der Waals surface area contributed by atoms with Crippen LogP contribution in [0.3, 0.4) is 0 Å².